The van der Waals surface area contributed by atoms with Crippen LogP contribution >= 0.6 is 11.8 Å². The van der Waals surface area contributed by atoms with E-state index in [0.717, 1.165) is 9.80 Å². The zero-order valence-corrected chi connectivity index (χ0v) is 9.91. The topological polar surface area (TPSA) is 66.5 Å². The molecule has 88 valence electrons. The van der Waals surface area contributed by atoms with Gasteiger partial charge >= 0.3 is 6.03 Å². The summed E-state index contributed by atoms with van der Waals surface area (Å²) in [6.07, 6.45) is 1.64. The number of barbiturate groups is 1. The van der Waals surface area contributed by atoms with Gasteiger partial charge in [0.15, 0.2) is 0 Å². The lowest BCUT2D eigenvalue weighted by molar-refractivity contribution is -0.128. The van der Waals surface area contributed by atoms with Crippen molar-refractivity contribution in [3.8, 4) is 0 Å². The Hall–Kier alpha value is -1.82. The van der Waals surface area contributed by atoms with Crippen LogP contribution in [0.5, 0.6) is 0 Å². The van der Waals surface area contributed by atoms with E-state index in [9.17, 15) is 14.4 Å². The number of amides is 4. The highest BCUT2D eigenvalue weighted by Crippen LogP contribution is 2.22. The molecule has 0 spiro atoms. The number of hydrogen-bond donors (Lipinski definition) is 1. The van der Waals surface area contributed by atoms with Crippen molar-refractivity contribution in [2.45, 2.75) is 11.3 Å². The molecule has 17 heavy (non-hydrogen) atoms. The smallest absolute Gasteiger partial charge is 0.277 e. The normalized spacial score (nSPS) is 16.1. The van der Waals surface area contributed by atoms with Crippen molar-refractivity contribution in [1.82, 2.24) is 5.32 Å². The molecule has 6 heteroatoms. The summed E-state index contributed by atoms with van der Waals surface area (Å²) in [6, 6.07) is 6.30. The van der Waals surface area contributed by atoms with Crippen molar-refractivity contribution in [3.63, 3.8) is 0 Å². The van der Waals surface area contributed by atoms with Crippen LogP contribution in [-0.4, -0.2) is 24.1 Å². The van der Waals surface area contributed by atoms with Crippen LogP contribution in [-0.2, 0) is 9.59 Å². The van der Waals surface area contributed by atoms with E-state index in [0.29, 0.717) is 5.69 Å². The summed E-state index contributed by atoms with van der Waals surface area (Å²) < 4.78 is 0. The summed E-state index contributed by atoms with van der Waals surface area (Å²) in [5.41, 5.74) is 0.470. The van der Waals surface area contributed by atoms with Crippen molar-refractivity contribution in [2.24, 2.45) is 0 Å². The third kappa shape index (κ3) is 2.31. The Kier molecular flexibility index (Phi) is 3.14. The minimum Gasteiger partial charge on any atom is -0.277 e. The summed E-state index contributed by atoms with van der Waals surface area (Å²) in [4.78, 5) is 36.1. The summed E-state index contributed by atoms with van der Waals surface area (Å²) in [5.74, 6) is -1.06. The fourth-order valence-corrected chi connectivity index (χ4v) is 1.95. The first-order valence-electron chi connectivity index (χ1n) is 4.92. The van der Waals surface area contributed by atoms with Crippen molar-refractivity contribution in [1.29, 1.82) is 0 Å². The first-order chi connectivity index (χ1) is 8.11. The fourth-order valence-electron chi connectivity index (χ4n) is 1.54. The van der Waals surface area contributed by atoms with Gasteiger partial charge in [0, 0.05) is 4.90 Å². The van der Waals surface area contributed by atoms with Gasteiger partial charge in [0.1, 0.15) is 6.42 Å². The lowest BCUT2D eigenvalue weighted by Gasteiger charge is -2.24. The summed E-state index contributed by atoms with van der Waals surface area (Å²) >= 11 is 1.57. The Morgan fingerprint density at radius 2 is 1.82 bits per heavy atom. The maximum atomic E-state index is 11.6. The summed E-state index contributed by atoms with van der Waals surface area (Å²) in [7, 11) is 0. The van der Waals surface area contributed by atoms with E-state index >= 15 is 0 Å². The van der Waals surface area contributed by atoms with Gasteiger partial charge in [-0.25, -0.2) is 9.69 Å². The third-order valence-electron chi connectivity index (χ3n) is 2.34. The number of thioether (sulfide) groups is 1. The number of imide groups is 2. The fraction of sp³-hybridized carbons (Fsp3) is 0.182. The van der Waals surface area contributed by atoms with Crippen LogP contribution in [0.4, 0.5) is 10.5 Å². The number of carbonyl (C=O) groups is 3. The molecule has 0 aromatic heterocycles. The number of nitrogens with one attached hydrogen (secondary N) is 1. The second-order valence-corrected chi connectivity index (χ2v) is 4.34. The molecule has 0 atom stereocenters. The molecule has 1 aliphatic rings. The lowest BCUT2D eigenvalue weighted by atomic mass is 10.2. The number of rotatable bonds is 2. The molecule has 1 aliphatic heterocycles. The van der Waals surface area contributed by atoms with Crippen LogP contribution in [0.2, 0.25) is 0 Å². The highest BCUT2D eigenvalue weighted by Gasteiger charge is 2.31. The first-order valence-corrected chi connectivity index (χ1v) is 6.15. The Morgan fingerprint density at radius 1 is 1.18 bits per heavy atom. The Morgan fingerprint density at radius 3 is 2.35 bits per heavy atom. The molecule has 0 aliphatic carbocycles. The molecule has 0 unspecified atom stereocenters. The van der Waals surface area contributed by atoms with Gasteiger partial charge in [-0.15, -0.1) is 11.8 Å². The molecule has 1 N–H and O–H groups in total. The maximum Gasteiger partial charge on any atom is 0.335 e. The molecule has 1 saturated heterocycles. The number of carbonyl (C=O) groups excluding carboxylic acids is 3. The number of benzene rings is 1. The number of urea groups is 1. The highest BCUT2D eigenvalue weighted by atomic mass is 32.2. The van der Waals surface area contributed by atoms with Gasteiger partial charge < -0.3 is 0 Å². The SMILES string of the molecule is CSc1ccc(N2C(=O)CC(=O)NC2=O)cc1. The molecule has 4 amide bonds. The zero-order valence-electron chi connectivity index (χ0n) is 9.10. The summed E-state index contributed by atoms with van der Waals surface area (Å²) in [6.45, 7) is 0. The van der Waals surface area contributed by atoms with Crippen LogP contribution in [0, 0.1) is 0 Å². The monoisotopic (exact) mass is 250 g/mol. The van der Waals surface area contributed by atoms with Crippen LogP contribution in [0.1, 0.15) is 6.42 Å². The van der Waals surface area contributed by atoms with Crippen molar-refractivity contribution in [3.05, 3.63) is 24.3 Å². The maximum absolute atomic E-state index is 11.6. The van der Waals surface area contributed by atoms with Crippen molar-refractivity contribution >= 4 is 35.3 Å². The second-order valence-electron chi connectivity index (χ2n) is 3.46. The van der Waals surface area contributed by atoms with Crippen LogP contribution < -0.4 is 10.2 Å². The van der Waals surface area contributed by atoms with E-state index in [1.165, 1.54) is 0 Å². The van der Waals surface area contributed by atoms with Gasteiger partial charge in [-0.2, -0.15) is 0 Å². The minimum absolute atomic E-state index is 0.296. The predicted molar refractivity (Wildman–Crippen MR) is 63.9 cm³/mol. The first kappa shape index (κ1) is 11.7. The predicted octanol–water partition coefficient (Wildman–Crippen LogP) is 1.38. The van der Waals surface area contributed by atoms with Gasteiger partial charge in [0.25, 0.3) is 0 Å². The highest BCUT2D eigenvalue weighted by molar-refractivity contribution is 7.98. The second kappa shape index (κ2) is 4.58. The van der Waals surface area contributed by atoms with E-state index in [4.69, 9.17) is 0 Å². The van der Waals surface area contributed by atoms with E-state index in [2.05, 4.69) is 5.32 Å². The quantitative estimate of drug-likeness (QED) is 0.636. The van der Waals surface area contributed by atoms with Crippen molar-refractivity contribution in [2.75, 3.05) is 11.2 Å². The number of anilines is 1. The number of nitrogens with zero attached hydrogens (tertiary/aromatic N) is 1. The van der Waals surface area contributed by atoms with E-state index in [-0.39, 0.29) is 6.42 Å². The standard InChI is InChI=1S/C11H10N2O3S/c1-17-8-4-2-7(3-5-8)13-10(15)6-9(14)12-11(13)16/h2-5H,6H2,1H3,(H,12,14,16). The Labute approximate surface area is 102 Å². The third-order valence-corrected chi connectivity index (χ3v) is 3.08. The average molecular weight is 250 g/mol. The average Bonchev–Trinajstić information content (AvgIpc) is 2.28. The van der Waals surface area contributed by atoms with Crippen LogP contribution in [0.25, 0.3) is 0 Å². The molecule has 0 bridgehead atoms. The van der Waals surface area contributed by atoms with Gasteiger partial charge in [-0.05, 0) is 30.5 Å². The van der Waals surface area contributed by atoms with Crippen molar-refractivity contribution < 1.29 is 14.4 Å². The molecule has 2 rings (SSSR count). The Balaban J connectivity index is 2.28. The number of hydrogen-bond acceptors (Lipinski definition) is 4. The molecule has 1 aromatic rings. The molecule has 0 saturated carbocycles. The van der Waals surface area contributed by atoms with E-state index in [1.807, 2.05) is 18.4 Å². The summed E-state index contributed by atoms with van der Waals surface area (Å²) in [5, 5.41) is 2.11. The van der Waals surface area contributed by atoms with Gasteiger partial charge in [0.05, 0.1) is 5.69 Å². The van der Waals surface area contributed by atoms with E-state index in [1.54, 1.807) is 23.9 Å². The lowest BCUT2D eigenvalue weighted by Crippen LogP contribution is -2.52. The van der Waals surface area contributed by atoms with Gasteiger partial charge in [-0.1, -0.05) is 0 Å². The molecular weight excluding hydrogens is 240 g/mol. The van der Waals surface area contributed by atoms with E-state index < -0.39 is 17.8 Å². The van der Waals surface area contributed by atoms with Gasteiger partial charge in [-0.3, -0.25) is 14.9 Å². The molecule has 5 nitrogen and oxygen atoms in total. The largest absolute Gasteiger partial charge is 0.335 e. The molecule has 1 fully saturated rings. The molecular formula is C11H10N2O3S. The molecule has 0 radical (unpaired) electrons. The van der Waals surface area contributed by atoms with Crippen LogP contribution in [0.3, 0.4) is 0 Å². The molecule has 1 heterocycles. The van der Waals surface area contributed by atoms with Crippen LogP contribution in [0.15, 0.2) is 29.2 Å². The minimum atomic E-state index is -0.692. The zero-order chi connectivity index (χ0) is 12.4. The van der Waals surface area contributed by atoms with Gasteiger partial charge in [0.2, 0.25) is 11.8 Å². The Bertz CT molecular complexity index is 464. The molecule has 1 aromatic carbocycles.